The molecule has 0 aromatic heterocycles. The SMILES string of the molecule is CC(C)C1Cc2ccccc2CC1=O. The van der Waals surface area contributed by atoms with Gasteiger partial charge in [-0.15, -0.1) is 0 Å². The second-order valence-electron chi connectivity index (χ2n) is 4.47. The number of ketones is 1. The average Bonchev–Trinajstić information content (AvgIpc) is 2.16. The van der Waals surface area contributed by atoms with Gasteiger partial charge in [0, 0.05) is 12.3 Å². The van der Waals surface area contributed by atoms with E-state index in [1.165, 1.54) is 11.1 Å². The molecule has 1 aliphatic rings. The van der Waals surface area contributed by atoms with Crippen molar-refractivity contribution in [2.24, 2.45) is 11.8 Å². The van der Waals surface area contributed by atoms with E-state index in [9.17, 15) is 4.79 Å². The van der Waals surface area contributed by atoms with Crippen LogP contribution in [0, 0.1) is 11.8 Å². The minimum Gasteiger partial charge on any atom is -0.299 e. The largest absolute Gasteiger partial charge is 0.299 e. The Kier molecular flexibility index (Phi) is 2.40. The molecule has 0 N–H and O–H groups in total. The third kappa shape index (κ3) is 1.59. The van der Waals surface area contributed by atoms with Crippen LogP contribution in [-0.2, 0) is 17.6 Å². The van der Waals surface area contributed by atoms with Crippen molar-refractivity contribution in [2.45, 2.75) is 26.7 Å². The van der Waals surface area contributed by atoms with E-state index < -0.39 is 0 Å². The van der Waals surface area contributed by atoms with Crippen molar-refractivity contribution < 1.29 is 4.79 Å². The Hall–Kier alpha value is -1.11. The first-order valence-electron chi connectivity index (χ1n) is 5.28. The van der Waals surface area contributed by atoms with Crippen LogP contribution in [0.2, 0.25) is 0 Å². The summed E-state index contributed by atoms with van der Waals surface area (Å²) in [4.78, 5) is 11.8. The maximum absolute atomic E-state index is 11.8. The van der Waals surface area contributed by atoms with Crippen LogP contribution in [0.25, 0.3) is 0 Å². The van der Waals surface area contributed by atoms with E-state index in [-0.39, 0.29) is 5.92 Å². The molecule has 74 valence electrons. The summed E-state index contributed by atoms with van der Waals surface area (Å²) in [6.45, 7) is 4.27. The maximum atomic E-state index is 11.8. The molecule has 1 aromatic rings. The lowest BCUT2D eigenvalue weighted by molar-refractivity contribution is -0.124. The zero-order valence-corrected chi connectivity index (χ0v) is 8.79. The van der Waals surface area contributed by atoms with Crippen LogP contribution in [-0.4, -0.2) is 5.78 Å². The third-order valence-corrected chi connectivity index (χ3v) is 3.14. The van der Waals surface area contributed by atoms with Gasteiger partial charge in [-0.05, 0) is 23.5 Å². The van der Waals surface area contributed by atoms with Gasteiger partial charge in [-0.3, -0.25) is 4.79 Å². The average molecular weight is 188 g/mol. The molecule has 1 aromatic carbocycles. The summed E-state index contributed by atoms with van der Waals surface area (Å²) >= 11 is 0. The first-order chi connectivity index (χ1) is 6.68. The molecule has 14 heavy (non-hydrogen) atoms. The van der Waals surface area contributed by atoms with Crippen LogP contribution in [0.15, 0.2) is 24.3 Å². The van der Waals surface area contributed by atoms with Gasteiger partial charge in [0.15, 0.2) is 0 Å². The fraction of sp³-hybridized carbons (Fsp3) is 0.462. The lowest BCUT2D eigenvalue weighted by Crippen LogP contribution is -2.29. The number of Topliss-reactive ketones (excluding diaryl/α,β-unsaturated/α-hetero) is 1. The zero-order valence-electron chi connectivity index (χ0n) is 8.79. The fourth-order valence-corrected chi connectivity index (χ4v) is 2.21. The molecular formula is C13H16O. The lowest BCUT2D eigenvalue weighted by Gasteiger charge is -2.26. The minimum absolute atomic E-state index is 0.241. The van der Waals surface area contributed by atoms with E-state index in [0.717, 1.165) is 6.42 Å². The van der Waals surface area contributed by atoms with E-state index in [2.05, 4.69) is 32.0 Å². The van der Waals surface area contributed by atoms with E-state index in [1.807, 2.05) is 6.07 Å². The molecule has 1 aliphatic carbocycles. The molecule has 1 heteroatoms. The van der Waals surface area contributed by atoms with Crippen LogP contribution < -0.4 is 0 Å². The molecule has 1 nitrogen and oxygen atoms in total. The Morgan fingerprint density at radius 2 is 1.86 bits per heavy atom. The lowest BCUT2D eigenvalue weighted by atomic mass is 9.77. The molecule has 0 aliphatic heterocycles. The van der Waals surface area contributed by atoms with Crippen molar-refractivity contribution in [3.05, 3.63) is 35.4 Å². The Balaban J connectivity index is 2.31. The molecule has 2 rings (SSSR count). The highest BCUT2D eigenvalue weighted by atomic mass is 16.1. The Labute approximate surface area is 85.1 Å². The second kappa shape index (κ2) is 3.56. The summed E-state index contributed by atoms with van der Waals surface area (Å²) in [6.07, 6.45) is 1.58. The van der Waals surface area contributed by atoms with Crippen LogP contribution in [0.4, 0.5) is 0 Å². The second-order valence-corrected chi connectivity index (χ2v) is 4.47. The van der Waals surface area contributed by atoms with Gasteiger partial charge in [0.05, 0.1) is 0 Å². The van der Waals surface area contributed by atoms with E-state index in [0.29, 0.717) is 18.1 Å². The summed E-state index contributed by atoms with van der Waals surface area (Å²) in [5.74, 6) is 1.12. The van der Waals surface area contributed by atoms with Crippen LogP contribution in [0.3, 0.4) is 0 Å². The van der Waals surface area contributed by atoms with Crippen molar-refractivity contribution in [1.29, 1.82) is 0 Å². The molecule has 0 spiro atoms. The number of hydrogen-bond acceptors (Lipinski definition) is 1. The van der Waals surface area contributed by atoms with E-state index >= 15 is 0 Å². The number of carbonyl (C=O) groups excluding carboxylic acids is 1. The molecule has 1 atom stereocenters. The molecule has 0 bridgehead atoms. The van der Waals surface area contributed by atoms with Gasteiger partial charge < -0.3 is 0 Å². The molecule has 0 saturated carbocycles. The monoisotopic (exact) mass is 188 g/mol. The molecule has 0 amide bonds. The number of fused-ring (bicyclic) bond motifs is 1. The third-order valence-electron chi connectivity index (χ3n) is 3.14. The maximum Gasteiger partial charge on any atom is 0.140 e. The zero-order chi connectivity index (χ0) is 10.1. The topological polar surface area (TPSA) is 17.1 Å². The van der Waals surface area contributed by atoms with Gasteiger partial charge in [0.2, 0.25) is 0 Å². The van der Waals surface area contributed by atoms with Gasteiger partial charge in [0.1, 0.15) is 5.78 Å². The highest BCUT2D eigenvalue weighted by Gasteiger charge is 2.27. The van der Waals surface area contributed by atoms with Gasteiger partial charge >= 0.3 is 0 Å². The smallest absolute Gasteiger partial charge is 0.140 e. The summed E-state index contributed by atoms with van der Waals surface area (Å²) < 4.78 is 0. The molecule has 0 radical (unpaired) electrons. The highest BCUT2D eigenvalue weighted by molar-refractivity contribution is 5.85. The highest BCUT2D eigenvalue weighted by Crippen LogP contribution is 2.27. The summed E-state index contributed by atoms with van der Waals surface area (Å²) in [7, 11) is 0. The molecule has 1 unspecified atom stereocenters. The molecule has 0 heterocycles. The van der Waals surface area contributed by atoms with E-state index in [1.54, 1.807) is 0 Å². The standard InChI is InChI=1S/C13H16O/c1-9(2)12-7-10-5-3-4-6-11(10)8-13(12)14/h3-6,9,12H,7-8H2,1-2H3. The minimum atomic E-state index is 0.241. The van der Waals surface area contributed by atoms with Gasteiger partial charge in [0.25, 0.3) is 0 Å². The Morgan fingerprint density at radius 3 is 2.50 bits per heavy atom. The summed E-state index contributed by atoms with van der Waals surface area (Å²) in [5, 5.41) is 0. The predicted molar refractivity (Wildman–Crippen MR) is 57.2 cm³/mol. The first kappa shape index (κ1) is 9.45. The number of rotatable bonds is 1. The Morgan fingerprint density at radius 1 is 1.21 bits per heavy atom. The Bertz CT molecular complexity index is 352. The van der Waals surface area contributed by atoms with Crippen LogP contribution >= 0.6 is 0 Å². The van der Waals surface area contributed by atoms with Crippen molar-refractivity contribution in [2.75, 3.05) is 0 Å². The first-order valence-corrected chi connectivity index (χ1v) is 5.28. The van der Waals surface area contributed by atoms with Crippen LogP contribution in [0.1, 0.15) is 25.0 Å². The quantitative estimate of drug-likeness (QED) is 0.662. The number of benzene rings is 1. The van der Waals surface area contributed by atoms with Crippen molar-refractivity contribution in [3.8, 4) is 0 Å². The molecule has 0 fully saturated rings. The number of hydrogen-bond donors (Lipinski definition) is 0. The van der Waals surface area contributed by atoms with Crippen molar-refractivity contribution >= 4 is 5.78 Å². The molecule has 0 saturated heterocycles. The van der Waals surface area contributed by atoms with Crippen LogP contribution in [0.5, 0.6) is 0 Å². The normalized spacial score (nSPS) is 21.1. The molecular weight excluding hydrogens is 172 g/mol. The van der Waals surface area contributed by atoms with Gasteiger partial charge in [-0.25, -0.2) is 0 Å². The van der Waals surface area contributed by atoms with Gasteiger partial charge in [-0.1, -0.05) is 38.1 Å². The summed E-state index contributed by atoms with van der Waals surface area (Å²) in [5.41, 5.74) is 2.60. The van der Waals surface area contributed by atoms with Gasteiger partial charge in [-0.2, -0.15) is 0 Å². The van der Waals surface area contributed by atoms with Crippen molar-refractivity contribution in [3.63, 3.8) is 0 Å². The predicted octanol–water partition coefficient (Wildman–Crippen LogP) is 2.63. The number of carbonyl (C=O) groups is 1. The van der Waals surface area contributed by atoms with E-state index in [4.69, 9.17) is 0 Å². The summed E-state index contributed by atoms with van der Waals surface area (Å²) in [6, 6.07) is 8.30. The fourth-order valence-electron chi connectivity index (χ4n) is 2.21. The van der Waals surface area contributed by atoms with Crippen molar-refractivity contribution in [1.82, 2.24) is 0 Å².